The molecule has 1 saturated carbocycles. The Balaban J connectivity index is 1.18. The van der Waals surface area contributed by atoms with Gasteiger partial charge in [0.25, 0.3) is 0 Å². The van der Waals surface area contributed by atoms with Gasteiger partial charge in [0.05, 0.1) is 49.0 Å². The van der Waals surface area contributed by atoms with Crippen LogP contribution >= 0.6 is 0 Å². The number of hydrogen-bond donors (Lipinski definition) is 0. The molecule has 106 heavy (non-hydrogen) atoms. The topological polar surface area (TPSA) is 309 Å². The minimum Gasteiger partial charge on any atom is -0.465 e. The number of Topliss-reactive ketones (excluding diaryl/α,β-unsaturated/α-hetero) is 2. The number of hydrogen-bond acceptors (Lipinski definition) is 25. The lowest BCUT2D eigenvalue weighted by atomic mass is 9.46. The van der Waals surface area contributed by atoms with Crippen LogP contribution in [0.25, 0.3) is 0 Å². The van der Waals surface area contributed by atoms with E-state index in [9.17, 15) is 38.4 Å². The van der Waals surface area contributed by atoms with Crippen LogP contribution in [0, 0.1) is 69.5 Å². The van der Waals surface area contributed by atoms with Gasteiger partial charge < -0.3 is 66.4 Å². The predicted molar refractivity (Wildman–Crippen MR) is 382 cm³/mol. The van der Waals surface area contributed by atoms with Crippen molar-refractivity contribution in [2.45, 2.75) is 320 Å². The zero-order valence-corrected chi connectivity index (χ0v) is 66.6. The van der Waals surface area contributed by atoms with E-state index in [1.807, 2.05) is 55.4 Å². The quantitative estimate of drug-likeness (QED) is 0.0273. The van der Waals surface area contributed by atoms with Crippen LogP contribution in [0.4, 0.5) is 0 Å². The van der Waals surface area contributed by atoms with Gasteiger partial charge >= 0.3 is 47.8 Å². The van der Waals surface area contributed by atoms with Crippen molar-refractivity contribution < 1.29 is 119 Å². The Morgan fingerprint density at radius 2 is 1.23 bits per heavy atom. The molecule has 4 heterocycles. The van der Waals surface area contributed by atoms with Gasteiger partial charge in [0.2, 0.25) is 0 Å². The van der Waals surface area contributed by atoms with E-state index >= 15 is 9.59 Å². The lowest BCUT2D eigenvalue weighted by Gasteiger charge is -2.58. The molecule has 2 unspecified atom stereocenters. The van der Waals surface area contributed by atoms with Crippen molar-refractivity contribution in [3.63, 3.8) is 0 Å². The van der Waals surface area contributed by atoms with Gasteiger partial charge in [-0.2, -0.15) is 0 Å². The fraction of sp³-hybridized carbons (Fsp3) is 0.778. The van der Waals surface area contributed by atoms with Gasteiger partial charge in [-0.25, -0.2) is 14.6 Å². The molecule has 594 valence electrons. The minimum absolute atomic E-state index is 0.00204. The van der Waals surface area contributed by atoms with Gasteiger partial charge in [-0.1, -0.05) is 96.3 Å². The molecule has 26 atom stereocenters. The summed E-state index contributed by atoms with van der Waals surface area (Å²) in [6, 6.07) is 0. The normalized spacial score (nSPS) is 39.2. The molecule has 0 radical (unpaired) electrons. The van der Waals surface area contributed by atoms with E-state index in [0.29, 0.717) is 32.1 Å². The van der Waals surface area contributed by atoms with Crippen LogP contribution in [-0.4, -0.2) is 164 Å². The second-order valence-corrected chi connectivity index (χ2v) is 33.0. The molecule has 1 spiro atoms. The zero-order valence-electron chi connectivity index (χ0n) is 66.6. The first-order valence-electron chi connectivity index (χ1n) is 38.4. The Hall–Kier alpha value is -6.22. The lowest BCUT2D eigenvalue weighted by molar-refractivity contribution is -0.443. The smallest absolute Gasteiger partial charge is 0.346 e. The highest BCUT2D eigenvalue weighted by Gasteiger charge is 2.69. The van der Waals surface area contributed by atoms with Gasteiger partial charge in [0, 0.05) is 109 Å². The van der Waals surface area contributed by atoms with Crippen molar-refractivity contribution in [2.75, 3.05) is 13.7 Å². The number of esters is 8. The van der Waals surface area contributed by atoms with E-state index in [1.54, 1.807) is 34.6 Å². The second-order valence-electron chi connectivity index (χ2n) is 33.0. The molecule has 0 aromatic heterocycles. The van der Waals surface area contributed by atoms with Gasteiger partial charge in [-0.3, -0.25) is 38.4 Å². The van der Waals surface area contributed by atoms with Crippen LogP contribution in [-0.2, 0) is 119 Å². The molecule has 25 heteroatoms. The number of carbonyl (C=O) groups is 10. The summed E-state index contributed by atoms with van der Waals surface area (Å²) in [4.78, 5) is 150. The number of methoxy groups -OCH3 is 1. The summed E-state index contributed by atoms with van der Waals surface area (Å²) < 4.78 is 82.0. The fourth-order valence-corrected chi connectivity index (χ4v) is 19.1. The monoisotopic (exact) mass is 1490 g/mol. The SMILES string of the molecule is CC/C1=C\[C@H](COC(C)=O)C[C@@H](C)C([C@H]2C[C@H](OC(C)=O)[C@H](OO[C@H]3C[C@H](OC)[C@@H](O[C@H]4C[C@H](OC(C)=O)[C@H](OC(=O)CCC(C)=O)[C@@H](C)O4)[C@H](C)O3)[C@@H](C)O2)C(C)CCC[C@]2(C)C=C(C)[C@H](C)C[C@]23OC(=O)C(=C3OC(=O)C(C)(C)C)C(=O)[C@@]2(CC)[C@@H]3[C@@H](C)[C@@H](OC(C)=O)C[C@H](OC(C)=O)[C@H]3C=C(C)[C@@H]12. The maximum absolute atomic E-state index is 17.4. The molecule has 0 aromatic carbocycles. The zero-order chi connectivity index (χ0) is 78.6. The Morgan fingerprint density at radius 3 is 1.82 bits per heavy atom. The van der Waals surface area contributed by atoms with E-state index in [-0.39, 0.29) is 98.8 Å². The van der Waals surface area contributed by atoms with Crippen molar-refractivity contribution in [3.8, 4) is 0 Å². The van der Waals surface area contributed by atoms with Gasteiger partial charge in [0.15, 0.2) is 41.9 Å². The van der Waals surface area contributed by atoms with Crippen molar-refractivity contribution in [2.24, 2.45) is 69.5 Å². The Kier molecular flexibility index (Phi) is 28.4. The molecular formula is C81H120O25. The minimum atomic E-state index is -1.68. The summed E-state index contributed by atoms with van der Waals surface area (Å²) in [5.74, 6) is -10.1. The highest BCUT2D eigenvalue weighted by Crippen LogP contribution is 2.64. The average Bonchev–Trinajstić information content (AvgIpc) is 1.24. The summed E-state index contributed by atoms with van der Waals surface area (Å²) in [6.07, 6.45) is -2.64. The highest BCUT2D eigenvalue weighted by atomic mass is 17.2. The first kappa shape index (κ1) is 85.4. The number of allylic oxidation sites excluding steroid dienone is 3. The molecule has 8 rings (SSSR count). The number of ketones is 2. The van der Waals surface area contributed by atoms with E-state index in [1.165, 1.54) is 48.7 Å². The van der Waals surface area contributed by atoms with Gasteiger partial charge in [-0.15, -0.1) is 0 Å². The molecular weight excluding hydrogens is 1370 g/mol. The van der Waals surface area contributed by atoms with Crippen molar-refractivity contribution in [1.29, 1.82) is 0 Å². The number of ether oxygens (including phenoxy) is 13. The molecule has 0 N–H and O–H groups in total. The molecule has 3 saturated heterocycles. The van der Waals surface area contributed by atoms with Crippen LogP contribution in [0.1, 0.15) is 229 Å². The molecule has 25 nitrogen and oxygen atoms in total. The predicted octanol–water partition coefficient (Wildman–Crippen LogP) is 12.1. The fourth-order valence-electron chi connectivity index (χ4n) is 19.1. The summed E-state index contributed by atoms with van der Waals surface area (Å²) in [5, 5.41) is 0. The number of carbonyl (C=O) groups excluding carboxylic acids is 10. The van der Waals surface area contributed by atoms with Crippen LogP contribution < -0.4 is 0 Å². The molecule has 8 aliphatic rings. The second kappa shape index (κ2) is 35.2. The first-order chi connectivity index (χ1) is 49.6. The summed E-state index contributed by atoms with van der Waals surface area (Å²) >= 11 is 0. The van der Waals surface area contributed by atoms with Crippen LogP contribution in [0.3, 0.4) is 0 Å². The molecule has 4 aliphatic carbocycles. The average molecular weight is 1490 g/mol. The van der Waals surface area contributed by atoms with Gasteiger partial charge in [0.1, 0.15) is 41.9 Å². The first-order valence-corrected chi connectivity index (χ1v) is 38.4. The largest absolute Gasteiger partial charge is 0.465 e. The molecule has 2 bridgehead atoms. The Bertz CT molecular complexity index is 3380. The van der Waals surface area contributed by atoms with E-state index in [4.69, 9.17) is 71.4 Å². The number of rotatable bonds is 20. The van der Waals surface area contributed by atoms with Crippen molar-refractivity contribution >= 4 is 59.3 Å². The summed E-state index contributed by atoms with van der Waals surface area (Å²) in [5.41, 5.74) is -3.29. The standard InChI is InChI=1S/C81H120O25/c1-23-56-32-55(39-93-50(13)83)30-41(4)67(60-34-62(99-53(16)86)73(49(12)94-60)106-105-66-35-61(92-22)71(47(10)96-66)102-65-36-63(100-54(17)87)72(48(11)95-65)101-64(88)28-27-45(8)82)40(3)26-25-29-79(21)37-43(6)44(7)38-81(79)75(103-77(91)78(18,19)20)68(76(90)104-81)74(89)80(24-2)69(56)42(5)31-57-59(98-52(15)85)33-58(97-51(14)84)46(9)70(57)80/h31-32,37,40-41,44,46-49,55,57-63,65-67,69-73H,23-30,33-36,38-39H2,1-22H3/b56-32+/t40?,41-,44-,46+,47+,48-,49-,55-,57-,58+,59+,60-,61+,62+,63+,65+,66+,67?,69+,70-,71+,72-,73-,79-,80-,81-/m1/s1. The molecule has 0 amide bonds. The summed E-state index contributed by atoms with van der Waals surface area (Å²) in [7, 11) is 1.52. The van der Waals surface area contributed by atoms with Crippen LogP contribution in [0.15, 0.2) is 46.3 Å². The molecule has 4 fully saturated rings. The summed E-state index contributed by atoms with van der Waals surface area (Å²) in [6.45, 7) is 36.5. The third-order valence-corrected chi connectivity index (χ3v) is 24.0. The number of fused-ring (bicyclic) bond motifs is 3. The lowest BCUT2D eigenvalue weighted by Crippen LogP contribution is -2.60. The molecule has 0 aromatic rings. The van der Waals surface area contributed by atoms with Crippen LogP contribution in [0.5, 0.6) is 0 Å². The maximum Gasteiger partial charge on any atom is 0.346 e. The molecule has 4 aliphatic heterocycles. The Morgan fingerprint density at radius 1 is 0.632 bits per heavy atom. The highest BCUT2D eigenvalue weighted by molar-refractivity contribution is 6.22. The van der Waals surface area contributed by atoms with Crippen LogP contribution in [0.2, 0.25) is 0 Å². The third kappa shape index (κ3) is 18.8. The van der Waals surface area contributed by atoms with Crippen molar-refractivity contribution in [1.82, 2.24) is 0 Å². The van der Waals surface area contributed by atoms with E-state index in [0.717, 1.165) is 16.7 Å². The third-order valence-electron chi connectivity index (χ3n) is 24.0. The van der Waals surface area contributed by atoms with Gasteiger partial charge in [-0.05, 0) is 124 Å². The van der Waals surface area contributed by atoms with E-state index < -0.39 is 191 Å². The Labute approximate surface area is 625 Å². The van der Waals surface area contributed by atoms with Crippen molar-refractivity contribution in [3.05, 3.63) is 46.3 Å². The maximum atomic E-state index is 17.4. The van der Waals surface area contributed by atoms with E-state index in [2.05, 4.69) is 32.1 Å².